The second-order valence-electron chi connectivity index (χ2n) is 5.74. The molecule has 3 nitrogen and oxygen atoms in total. The third-order valence-electron chi connectivity index (χ3n) is 3.90. The second-order valence-corrected chi connectivity index (χ2v) is 7.16. The molecular formula is C19H20N2OS2. The zero-order chi connectivity index (χ0) is 16.9. The Balaban J connectivity index is 1.75. The van der Waals surface area contributed by atoms with Crippen LogP contribution >= 0.6 is 23.6 Å². The number of thiocarbonyl (C=S) groups is 1. The van der Waals surface area contributed by atoms with Crippen LogP contribution in [0.4, 0.5) is 5.69 Å². The van der Waals surface area contributed by atoms with Gasteiger partial charge in [-0.25, -0.2) is 0 Å². The summed E-state index contributed by atoms with van der Waals surface area (Å²) in [7, 11) is 0. The van der Waals surface area contributed by atoms with Crippen LogP contribution < -0.4 is 5.32 Å². The number of furan rings is 1. The Morgan fingerprint density at radius 2 is 2.00 bits per heavy atom. The summed E-state index contributed by atoms with van der Waals surface area (Å²) < 4.78 is 5.49. The molecule has 0 aliphatic heterocycles. The Kier molecular flexibility index (Phi) is 5.33. The summed E-state index contributed by atoms with van der Waals surface area (Å²) >= 11 is 7.39. The summed E-state index contributed by atoms with van der Waals surface area (Å²) in [6.45, 7) is 5.61. The maximum Gasteiger partial charge on any atom is 0.174 e. The van der Waals surface area contributed by atoms with Crippen LogP contribution in [0.2, 0.25) is 0 Å². The monoisotopic (exact) mass is 356 g/mol. The van der Waals surface area contributed by atoms with Crippen molar-refractivity contribution >= 4 is 34.4 Å². The SMILES string of the molecule is Cc1ccc(NC(=S)N(Cc2ccco2)Cc2cccs2)cc1C. The van der Waals surface area contributed by atoms with E-state index in [-0.39, 0.29) is 0 Å². The molecule has 0 atom stereocenters. The average Bonchev–Trinajstić information content (AvgIpc) is 3.24. The molecule has 124 valence electrons. The van der Waals surface area contributed by atoms with Gasteiger partial charge >= 0.3 is 0 Å². The summed E-state index contributed by atoms with van der Waals surface area (Å²) in [5.41, 5.74) is 3.54. The van der Waals surface area contributed by atoms with E-state index >= 15 is 0 Å². The molecule has 5 heteroatoms. The Morgan fingerprint density at radius 1 is 1.12 bits per heavy atom. The topological polar surface area (TPSA) is 28.4 Å². The molecular weight excluding hydrogens is 336 g/mol. The normalized spacial score (nSPS) is 10.6. The number of rotatable bonds is 5. The van der Waals surface area contributed by atoms with Gasteiger partial charge in [0.15, 0.2) is 5.11 Å². The molecule has 1 N–H and O–H groups in total. The van der Waals surface area contributed by atoms with Crippen LogP contribution in [0.15, 0.2) is 58.5 Å². The molecule has 0 saturated heterocycles. The van der Waals surface area contributed by atoms with Crippen LogP contribution in [-0.2, 0) is 13.1 Å². The van der Waals surface area contributed by atoms with Crippen molar-refractivity contribution < 1.29 is 4.42 Å². The second kappa shape index (κ2) is 7.64. The lowest BCUT2D eigenvalue weighted by Gasteiger charge is -2.24. The zero-order valence-electron chi connectivity index (χ0n) is 13.8. The number of hydrogen-bond acceptors (Lipinski definition) is 3. The molecule has 0 bridgehead atoms. The predicted molar refractivity (Wildman–Crippen MR) is 104 cm³/mol. The zero-order valence-corrected chi connectivity index (χ0v) is 15.4. The van der Waals surface area contributed by atoms with E-state index in [0.717, 1.165) is 18.0 Å². The average molecular weight is 357 g/mol. The van der Waals surface area contributed by atoms with E-state index in [1.165, 1.54) is 16.0 Å². The Bertz CT molecular complexity index is 759. The fraction of sp³-hybridized carbons (Fsp3) is 0.211. The quantitative estimate of drug-likeness (QED) is 0.623. The van der Waals surface area contributed by atoms with Crippen molar-refractivity contribution in [2.24, 2.45) is 0 Å². The summed E-state index contributed by atoms with van der Waals surface area (Å²) in [4.78, 5) is 3.39. The van der Waals surface area contributed by atoms with Gasteiger partial charge in [0.05, 0.1) is 19.4 Å². The lowest BCUT2D eigenvalue weighted by molar-refractivity contribution is 0.362. The van der Waals surface area contributed by atoms with Crippen molar-refractivity contribution in [3.63, 3.8) is 0 Å². The molecule has 0 aliphatic rings. The first-order chi connectivity index (χ1) is 11.6. The summed E-state index contributed by atoms with van der Waals surface area (Å²) in [5, 5.41) is 6.14. The van der Waals surface area contributed by atoms with E-state index in [0.29, 0.717) is 11.7 Å². The van der Waals surface area contributed by atoms with Gasteiger partial charge in [-0.2, -0.15) is 0 Å². The van der Waals surface area contributed by atoms with Crippen LogP contribution in [0, 0.1) is 13.8 Å². The van der Waals surface area contributed by atoms with E-state index in [1.807, 2.05) is 12.1 Å². The molecule has 24 heavy (non-hydrogen) atoms. The highest BCUT2D eigenvalue weighted by molar-refractivity contribution is 7.80. The number of nitrogens with one attached hydrogen (secondary N) is 1. The van der Waals surface area contributed by atoms with Crippen LogP contribution in [0.1, 0.15) is 21.8 Å². The number of benzene rings is 1. The van der Waals surface area contributed by atoms with Crippen LogP contribution in [0.3, 0.4) is 0 Å². The highest BCUT2D eigenvalue weighted by Crippen LogP contribution is 2.18. The molecule has 0 unspecified atom stereocenters. The lowest BCUT2D eigenvalue weighted by Crippen LogP contribution is -2.33. The summed E-state index contributed by atoms with van der Waals surface area (Å²) in [5.74, 6) is 0.899. The van der Waals surface area contributed by atoms with Crippen molar-refractivity contribution in [2.75, 3.05) is 5.32 Å². The molecule has 0 aliphatic carbocycles. The van der Waals surface area contributed by atoms with Crippen molar-refractivity contribution in [1.82, 2.24) is 4.90 Å². The Hall–Kier alpha value is -2.11. The van der Waals surface area contributed by atoms with Gasteiger partial charge in [0.1, 0.15) is 5.76 Å². The van der Waals surface area contributed by atoms with Crippen LogP contribution in [0.25, 0.3) is 0 Å². The van der Waals surface area contributed by atoms with E-state index < -0.39 is 0 Å². The summed E-state index contributed by atoms with van der Waals surface area (Å²) in [6, 6.07) is 14.3. The highest BCUT2D eigenvalue weighted by atomic mass is 32.1. The standard InChI is InChI=1S/C19H20N2OS2/c1-14-7-8-16(11-15(14)2)20-19(23)21(12-17-5-3-9-22-17)13-18-6-4-10-24-18/h3-11H,12-13H2,1-2H3,(H,20,23). The molecule has 2 aromatic heterocycles. The van der Waals surface area contributed by atoms with Gasteiger partial charge < -0.3 is 14.6 Å². The third-order valence-corrected chi connectivity index (χ3v) is 5.12. The fourth-order valence-corrected chi connectivity index (χ4v) is 3.37. The van der Waals surface area contributed by atoms with E-state index in [9.17, 15) is 0 Å². The van der Waals surface area contributed by atoms with Gasteiger partial charge in [-0.15, -0.1) is 11.3 Å². The van der Waals surface area contributed by atoms with E-state index in [4.69, 9.17) is 16.6 Å². The van der Waals surface area contributed by atoms with Crippen molar-refractivity contribution in [2.45, 2.75) is 26.9 Å². The van der Waals surface area contributed by atoms with Gasteiger partial charge in [0, 0.05) is 10.6 Å². The molecule has 1 aromatic carbocycles. The lowest BCUT2D eigenvalue weighted by atomic mass is 10.1. The minimum absolute atomic E-state index is 0.640. The molecule has 2 heterocycles. The molecule has 3 aromatic rings. The van der Waals surface area contributed by atoms with Gasteiger partial charge in [-0.1, -0.05) is 12.1 Å². The fourth-order valence-electron chi connectivity index (χ4n) is 2.40. The first kappa shape index (κ1) is 16.7. The van der Waals surface area contributed by atoms with Gasteiger partial charge in [-0.3, -0.25) is 0 Å². The molecule has 0 saturated carbocycles. The molecule has 0 spiro atoms. The molecule has 3 rings (SSSR count). The number of hydrogen-bond donors (Lipinski definition) is 1. The molecule has 0 radical (unpaired) electrons. The molecule has 0 amide bonds. The van der Waals surface area contributed by atoms with Crippen molar-refractivity contribution in [1.29, 1.82) is 0 Å². The maximum atomic E-state index is 5.66. The number of nitrogens with zero attached hydrogens (tertiary/aromatic N) is 1. The minimum atomic E-state index is 0.640. The van der Waals surface area contributed by atoms with Gasteiger partial charge in [0.25, 0.3) is 0 Å². The van der Waals surface area contributed by atoms with E-state index in [1.54, 1.807) is 17.6 Å². The Labute approximate surface area is 151 Å². The largest absolute Gasteiger partial charge is 0.467 e. The minimum Gasteiger partial charge on any atom is -0.467 e. The third kappa shape index (κ3) is 4.24. The highest BCUT2D eigenvalue weighted by Gasteiger charge is 2.14. The number of anilines is 1. The number of aryl methyl sites for hydroxylation is 2. The first-order valence-electron chi connectivity index (χ1n) is 7.80. The molecule has 0 fully saturated rings. The van der Waals surface area contributed by atoms with Crippen molar-refractivity contribution in [3.8, 4) is 0 Å². The van der Waals surface area contributed by atoms with Gasteiger partial charge in [-0.05, 0) is 72.9 Å². The first-order valence-corrected chi connectivity index (χ1v) is 9.08. The smallest absolute Gasteiger partial charge is 0.174 e. The Morgan fingerprint density at radius 3 is 2.67 bits per heavy atom. The van der Waals surface area contributed by atoms with E-state index in [2.05, 4.69) is 59.8 Å². The van der Waals surface area contributed by atoms with Crippen molar-refractivity contribution in [3.05, 3.63) is 75.9 Å². The predicted octanol–water partition coefficient (Wildman–Crippen LogP) is 5.36. The number of thiophene rings is 1. The van der Waals surface area contributed by atoms with Gasteiger partial charge in [0.2, 0.25) is 0 Å². The van der Waals surface area contributed by atoms with Crippen LogP contribution in [0.5, 0.6) is 0 Å². The summed E-state index contributed by atoms with van der Waals surface area (Å²) in [6.07, 6.45) is 1.69. The maximum absolute atomic E-state index is 5.66. The van der Waals surface area contributed by atoms with Crippen LogP contribution in [-0.4, -0.2) is 10.0 Å².